The van der Waals surface area contributed by atoms with E-state index in [1.807, 2.05) is 49.3 Å². The van der Waals surface area contributed by atoms with Gasteiger partial charge >= 0.3 is 0 Å². The van der Waals surface area contributed by atoms with Crippen LogP contribution in [-0.4, -0.2) is 52.4 Å². The summed E-state index contributed by atoms with van der Waals surface area (Å²) in [7, 11) is 2.04. The Kier molecular flexibility index (Phi) is 6.54. The number of pyridine rings is 1. The number of carbonyl (C=O) groups excluding carboxylic acids is 1. The molecule has 0 N–H and O–H groups in total. The van der Waals surface area contributed by atoms with Crippen LogP contribution in [0.15, 0.2) is 61.1 Å². The number of likely N-dealkylation sites (N-methyl/N-ethyl adjacent to an activating group) is 1. The molecule has 4 heterocycles. The SMILES string of the molecule is Cc1c(C(=O)N2CCCC(c3ccccc3)C2)sc2ncnc(N(C)CCc3ccccn3)c12. The third-order valence-electron chi connectivity index (χ3n) is 6.67. The molecule has 1 aliphatic rings. The van der Waals surface area contributed by atoms with Crippen LogP contribution >= 0.6 is 11.3 Å². The van der Waals surface area contributed by atoms with Crippen LogP contribution in [0.2, 0.25) is 0 Å². The van der Waals surface area contributed by atoms with Gasteiger partial charge in [0, 0.05) is 50.9 Å². The second-order valence-electron chi connectivity index (χ2n) is 8.93. The molecule has 1 fully saturated rings. The van der Waals surface area contributed by atoms with E-state index in [0.29, 0.717) is 5.92 Å². The monoisotopic (exact) mass is 471 g/mol. The van der Waals surface area contributed by atoms with E-state index >= 15 is 0 Å². The van der Waals surface area contributed by atoms with Crippen LogP contribution in [0.5, 0.6) is 0 Å². The molecule has 3 aromatic heterocycles. The highest BCUT2D eigenvalue weighted by Crippen LogP contribution is 2.36. The van der Waals surface area contributed by atoms with E-state index in [9.17, 15) is 4.79 Å². The lowest BCUT2D eigenvalue weighted by molar-refractivity contribution is 0.0711. The summed E-state index contributed by atoms with van der Waals surface area (Å²) >= 11 is 1.49. The molecule has 4 aromatic rings. The normalized spacial score (nSPS) is 16.1. The van der Waals surface area contributed by atoms with Gasteiger partial charge in [0.25, 0.3) is 5.91 Å². The molecule has 1 amide bonds. The third-order valence-corrected chi connectivity index (χ3v) is 7.86. The fourth-order valence-electron chi connectivity index (χ4n) is 4.78. The molecule has 1 aromatic carbocycles. The minimum Gasteiger partial charge on any atom is -0.359 e. The second-order valence-corrected chi connectivity index (χ2v) is 9.93. The summed E-state index contributed by atoms with van der Waals surface area (Å²) in [4.78, 5) is 33.0. The predicted molar refractivity (Wildman–Crippen MR) is 138 cm³/mol. The molecule has 0 spiro atoms. The van der Waals surface area contributed by atoms with E-state index in [1.165, 1.54) is 16.9 Å². The number of nitrogens with zero attached hydrogens (tertiary/aromatic N) is 5. The number of thiophene rings is 1. The molecule has 7 heteroatoms. The zero-order valence-corrected chi connectivity index (χ0v) is 20.5. The maximum absolute atomic E-state index is 13.6. The summed E-state index contributed by atoms with van der Waals surface area (Å²) in [6.45, 7) is 4.38. The quantitative estimate of drug-likeness (QED) is 0.392. The maximum Gasteiger partial charge on any atom is 0.264 e. The van der Waals surface area contributed by atoms with Crippen LogP contribution in [0.3, 0.4) is 0 Å². The van der Waals surface area contributed by atoms with E-state index in [0.717, 1.165) is 71.1 Å². The molecule has 1 saturated heterocycles. The number of fused-ring (bicyclic) bond motifs is 1. The first kappa shape index (κ1) is 22.5. The number of aromatic nitrogens is 3. The summed E-state index contributed by atoms with van der Waals surface area (Å²) < 4.78 is 0. The van der Waals surface area contributed by atoms with Gasteiger partial charge in [0.1, 0.15) is 17.0 Å². The van der Waals surface area contributed by atoms with Crippen molar-refractivity contribution in [1.82, 2.24) is 19.9 Å². The van der Waals surface area contributed by atoms with Gasteiger partial charge in [0.05, 0.1) is 10.3 Å². The average molecular weight is 472 g/mol. The number of piperidine rings is 1. The molecule has 0 radical (unpaired) electrons. The highest BCUT2D eigenvalue weighted by Gasteiger charge is 2.29. The number of amides is 1. The van der Waals surface area contributed by atoms with Crippen molar-refractivity contribution in [3.8, 4) is 0 Å². The van der Waals surface area contributed by atoms with E-state index in [2.05, 4.69) is 44.1 Å². The molecule has 0 aliphatic carbocycles. The number of hydrogen-bond acceptors (Lipinski definition) is 6. The number of likely N-dealkylation sites (tertiary alicyclic amines) is 1. The van der Waals surface area contributed by atoms with Crippen molar-refractivity contribution in [3.63, 3.8) is 0 Å². The minimum absolute atomic E-state index is 0.114. The van der Waals surface area contributed by atoms with E-state index in [4.69, 9.17) is 0 Å². The van der Waals surface area contributed by atoms with Gasteiger partial charge in [-0.1, -0.05) is 36.4 Å². The average Bonchev–Trinajstić information content (AvgIpc) is 3.24. The van der Waals surface area contributed by atoms with Crippen molar-refractivity contribution in [2.75, 3.05) is 31.6 Å². The summed E-state index contributed by atoms with van der Waals surface area (Å²) in [5.74, 6) is 1.37. The summed E-state index contributed by atoms with van der Waals surface area (Å²) in [6.07, 6.45) is 6.40. The smallest absolute Gasteiger partial charge is 0.264 e. The van der Waals surface area contributed by atoms with E-state index < -0.39 is 0 Å². The minimum atomic E-state index is 0.114. The first-order valence-electron chi connectivity index (χ1n) is 11.8. The molecule has 6 nitrogen and oxygen atoms in total. The Morgan fingerprint density at radius 3 is 2.74 bits per heavy atom. The Morgan fingerprint density at radius 2 is 1.94 bits per heavy atom. The fourth-order valence-corrected chi connectivity index (χ4v) is 5.89. The van der Waals surface area contributed by atoms with Crippen molar-refractivity contribution in [2.45, 2.75) is 32.1 Å². The molecule has 1 atom stereocenters. The van der Waals surface area contributed by atoms with Crippen LogP contribution < -0.4 is 4.90 Å². The Bertz CT molecular complexity index is 1270. The van der Waals surface area contributed by atoms with Crippen molar-refractivity contribution in [3.05, 3.63) is 82.8 Å². The summed E-state index contributed by atoms with van der Waals surface area (Å²) in [5, 5.41) is 0.982. The number of aryl methyl sites for hydroxylation is 1. The molecule has 0 bridgehead atoms. The van der Waals surface area contributed by atoms with Gasteiger partial charge in [-0.05, 0) is 43.0 Å². The van der Waals surface area contributed by atoms with Crippen molar-refractivity contribution >= 4 is 33.3 Å². The molecule has 174 valence electrons. The van der Waals surface area contributed by atoms with Crippen LogP contribution in [-0.2, 0) is 6.42 Å². The predicted octanol–water partition coefficient (Wildman–Crippen LogP) is 5.09. The van der Waals surface area contributed by atoms with Gasteiger partial charge in [0.15, 0.2) is 0 Å². The summed E-state index contributed by atoms with van der Waals surface area (Å²) in [5.41, 5.74) is 3.35. The number of anilines is 1. The lowest BCUT2D eigenvalue weighted by atomic mass is 9.90. The van der Waals surface area contributed by atoms with Gasteiger partial charge in [-0.2, -0.15) is 0 Å². The highest BCUT2D eigenvalue weighted by atomic mass is 32.1. The van der Waals surface area contributed by atoms with Crippen LogP contribution in [0.25, 0.3) is 10.2 Å². The number of carbonyl (C=O) groups is 1. The van der Waals surface area contributed by atoms with E-state index in [-0.39, 0.29) is 5.91 Å². The topological polar surface area (TPSA) is 62.2 Å². The third kappa shape index (κ3) is 4.53. The Labute approximate surface area is 204 Å². The van der Waals surface area contributed by atoms with Crippen molar-refractivity contribution in [2.24, 2.45) is 0 Å². The first-order chi connectivity index (χ1) is 16.6. The molecule has 1 aliphatic heterocycles. The van der Waals surface area contributed by atoms with Crippen molar-refractivity contribution in [1.29, 1.82) is 0 Å². The molecule has 1 unspecified atom stereocenters. The Balaban J connectivity index is 1.38. The zero-order chi connectivity index (χ0) is 23.5. The zero-order valence-electron chi connectivity index (χ0n) is 19.6. The lowest BCUT2D eigenvalue weighted by Gasteiger charge is -2.33. The Hall–Kier alpha value is -3.32. The molecule has 5 rings (SSSR count). The first-order valence-corrected chi connectivity index (χ1v) is 12.6. The number of benzene rings is 1. The van der Waals surface area contributed by atoms with Gasteiger partial charge in [-0.25, -0.2) is 9.97 Å². The summed E-state index contributed by atoms with van der Waals surface area (Å²) in [6, 6.07) is 16.5. The highest BCUT2D eigenvalue weighted by molar-refractivity contribution is 7.20. The van der Waals surface area contributed by atoms with Crippen molar-refractivity contribution < 1.29 is 4.79 Å². The lowest BCUT2D eigenvalue weighted by Crippen LogP contribution is -2.39. The number of hydrogen-bond donors (Lipinski definition) is 0. The standard InChI is InChI=1S/C27H29N5OS/c1-19-23-25(31(2)16-13-22-12-6-7-14-28-22)29-18-30-26(23)34-24(19)27(33)32-15-8-11-21(17-32)20-9-4-3-5-10-20/h3-7,9-10,12,14,18,21H,8,11,13,15-17H2,1-2H3. The van der Waals surface area contributed by atoms with Crippen LogP contribution in [0.1, 0.15) is 45.3 Å². The molecule has 34 heavy (non-hydrogen) atoms. The van der Waals surface area contributed by atoms with E-state index in [1.54, 1.807) is 6.33 Å². The second kappa shape index (κ2) is 9.89. The fraction of sp³-hybridized carbons (Fsp3) is 0.333. The largest absolute Gasteiger partial charge is 0.359 e. The maximum atomic E-state index is 13.6. The van der Waals surface area contributed by atoms with Crippen LogP contribution in [0.4, 0.5) is 5.82 Å². The van der Waals surface area contributed by atoms with Gasteiger partial charge in [-0.3, -0.25) is 9.78 Å². The number of rotatable bonds is 6. The molecular weight excluding hydrogens is 442 g/mol. The Morgan fingerprint density at radius 1 is 1.12 bits per heavy atom. The van der Waals surface area contributed by atoms with Crippen LogP contribution in [0, 0.1) is 6.92 Å². The van der Waals surface area contributed by atoms with Gasteiger partial charge < -0.3 is 9.80 Å². The van der Waals surface area contributed by atoms with Gasteiger partial charge in [-0.15, -0.1) is 11.3 Å². The molecule has 0 saturated carbocycles. The van der Waals surface area contributed by atoms with Gasteiger partial charge in [0.2, 0.25) is 0 Å². The molecular formula is C27H29N5OS.